The van der Waals surface area contributed by atoms with Gasteiger partial charge in [-0.05, 0) is 49.2 Å². The Morgan fingerprint density at radius 2 is 1.67 bits per heavy atom. The third-order valence-electron chi connectivity index (χ3n) is 3.71. The van der Waals surface area contributed by atoms with Gasteiger partial charge in [-0.2, -0.15) is 0 Å². The van der Waals surface area contributed by atoms with E-state index in [-0.39, 0.29) is 12.5 Å². The summed E-state index contributed by atoms with van der Waals surface area (Å²) in [5.41, 5.74) is 2.06. The van der Waals surface area contributed by atoms with Gasteiger partial charge in [0, 0.05) is 12.6 Å². The Balaban J connectivity index is 2.20. The number of nitrogens with zero attached hydrogens (tertiary/aromatic N) is 1. The average molecular weight is 332 g/mol. The minimum atomic E-state index is -0.871. The fraction of sp³-hybridized carbons (Fsp3) is 0.222. The first-order valence-corrected chi connectivity index (χ1v) is 7.39. The molecule has 0 saturated carbocycles. The molecule has 2 aromatic carbocycles. The number of carbonyl (C=O) groups excluding carboxylic acids is 2. The quantitative estimate of drug-likeness (QED) is 0.930. The first-order chi connectivity index (χ1) is 11.3. The van der Waals surface area contributed by atoms with Gasteiger partial charge in [-0.3, -0.25) is 9.59 Å². The van der Waals surface area contributed by atoms with Crippen LogP contribution in [0, 0.1) is 25.5 Å². The van der Waals surface area contributed by atoms with Gasteiger partial charge < -0.3 is 10.2 Å². The zero-order valence-electron chi connectivity index (χ0n) is 13.7. The van der Waals surface area contributed by atoms with Gasteiger partial charge in [0.25, 0.3) is 0 Å². The molecule has 0 saturated heterocycles. The molecule has 0 spiro atoms. The van der Waals surface area contributed by atoms with Crippen molar-refractivity contribution in [3.05, 3.63) is 59.2 Å². The Hall–Kier alpha value is -2.76. The van der Waals surface area contributed by atoms with Crippen LogP contribution in [-0.2, 0) is 9.59 Å². The first kappa shape index (κ1) is 17.6. The zero-order valence-corrected chi connectivity index (χ0v) is 13.7. The average Bonchev–Trinajstić information content (AvgIpc) is 2.51. The molecule has 0 aliphatic heterocycles. The lowest BCUT2D eigenvalue weighted by Crippen LogP contribution is -2.37. The SMILES string of the molecule is CC(=O)N(CC(=O)Nc1c(F)cccc1F)c1ccc(C)c(C)c1. The molecule has 0 atom stereocenters. The molecule has 0 radical (unpaired) electrons. The highest BCUT2D eigenvalue weighted by Crippen LogP contribution is 2.21. The molecule has 2 aromatic rings. The number of aryl methyl sites for hydroxylation is 2. The van der Waals surface area contributed by atoms with Crippen molar-refractivity contribution in [3.63, 3.8) is 0 Å². The fourth-order valence-corrected chi connectivity index (χ4v) is 2.22. The summed E-state index contributed by atoms with van der Waals surface area (Å²) in [6, 6.07) is 8.65. The van der Waals surface area contributed by atoms with E-state index >= 15 is 0 Å². The van der Waals surface area contributed by atoms with E-state index in [0.717, 1.165) is 23.3 Å². The largest absolute Gasteiger partial charge is 0.320 e. The van der Waals surface area contributed by atoms with Crippen molar-refractivity contribution in [3.8, 4) is 0 Å². The number of rotatable bonds is 4. The van der Waals surface area contributed by atoms with Crippen LogP contribution in [0.4, 0.5) is 20.2 Å². The summed E-state index contributed by atoms with van der Waals surface area (Å²) in [5.74, 6) is -2.78. The van der Waals surface area contributed by atoms with Crippen LogP contribution in [0.15, 0.2) is 36.4 Å². The molecule has 2 amide bonds. The normalized spacial score (nSPS) is 10.4. The molecule has 0 heterocycles. The topological polar surface area (TPSA) is 49.4 Å². The predicted octanol–water partition coefficient (Wildman–Crippen LogP) is 3.57. The number of amides is 2. The van der Waals surface area contributed by atoms with Gasteiger partial charge in [0.1, 0.15) is 23.9 Å². The van der Waals surface area contributed by atoms with E-state index in [9.17, 15) is 18.4 Å². The molecule has 0 bridgehead atoms. The van der Waals surface area contributed by atoms with Crippen molar-refractivity contribution in [2.75, 3.05) is 16.8 Å². The molecule has 126 valence electrons. The van der Waals surface area contributed by atoms with Gasteiger partial charge in [-0.15, -0.1) is 0 Å². The minimum absolute atomic E-state index is 0.342. The maximum Gasteiger partial charge on any atom is 0.244 e. The molecule has 0 fully saturated rings. The standard InChI is InChI=1S/C18H18F2N2O2/c1-11-7-8-14(9-12(11)2)22(13(3)23)10-17(24)21-18-15(19)5-4-6-16(18)20/h4-9H,10H2,1-3H3,(H,21,24). The van der Waals surface area contributed by atoms with Crippen molar-refractivity contribution >= 4 is 23.2 Å². The molecule has 24 heavy (non-hydrogen) atoms. The summed E-state index contributed by atoms with van der Waals surface area (Å²) < 4.78 is 27.2. The second-order valence-electron chi connectivity index (χ2n) is 5.52. The van der Waals surface area contributed by atoms with E-state index < -0.39 is 23.2 Å². The predicted molar refractivity (Wildman–Crippen MR) is 88.9 cm³/mol. The number of anilines is 2. The van der Waals surface area contributed by atoms with E-state index in [1.807, 2.05) is 19.9 Å². The molecule has 2 rings (SSSR count). The van der Waals surface area contributed by atoms with Crippen molar-refractivity contribution in [1.82, 2.24) is 0 Å². The Labute approximate surface area is 139 Å². The van der Waals surface area contributed by atoms with Gasteiger partial charge in [-0.25, -0.2) is 8.78 Å². The lowest BCUT2D eigenvalue weighted by Gasteiger charge is -2.21. The maximum atomic E-state index is 13.6. The fourth-order valence-electron chi connectivity index (χ4n) is 2.22. The summed E-state index contributed by atoms with van der Waals surface area (Å²) in [6.07, 6.45) is 0. The van der Waals surface area contributed by atoms with E-state index in [0.29, 0.717) is 5.69 Å². The Morgan fingerprint density at radius 1 is 1.04 bits per heavy atom. The summed E-state index contributed by atoms with van der Waals surface area (Å²) in [4.78, 5) is 25.2. The molecular formula is C18H18F2N2O2. The smallest absolute Gasteiger partial charge is 0.244 e. The molecule has 6 heteroatoms. The number of hydrogen-bond acceptors (Lipinski definition) is 2. The van der Waals surface area contributed by atoms with Crippen molar-refractivity contribution in [2.45, 2.75) is 20.8 Å². The monoisotopic (exact) mass is 332 g/mol. The molecule has 0 aliphatic carbocycles. The molecule has 0 aromatic heterocycles. The van der Waals surface area contributed by atoms with Crippen LogP contribution in [-0.4, -0.2) is 18.4 Å². The van der Waals surface area contributed by atoms with Crippen LogP contribution in [0.2, 0.25) is 0 Å². The van der Waals surface area contributed by atoms with Gasteiger partial charge in [0.15, 0.2) is 0 Å². The molecule has 0 unspecified atom stereocenters. The van der Waals surface area contributed by atoms with E-state index in [1.54, 1.807) is 12.1 Å². The van der Waals surface area contributed by atoms with Crippen molar-refractivity contribution < 1.29 is 18.4 Å². The Morgan fingerprint density at radius 3 is 2.21 bits per heavy atom. The molecular weight excluding hydrogens is 314 g/mol. The molecule has 4 nitrogen and oxygen atoms in total. The third-order valence-corrected chi connectivity index (χ3v) is 3.71. The Bertz CT molecular complexity index is 770. The summed E-state index contributed by atoms with van der Waals surface area (Å²) >= 11 is 0. The molecule has 0 aliphatic rings. The summed E-state index contributed by atoms with van der Waals surface area (Å²) in [6.45, 7) is 4.81. The van der Waals surface area contributed by atoms with Gasteiger partial charge in [0.05, 0.1) is 0 Å². The van der Waals surface area contributed by atoms with Crippen LogP contribution >= 0.6 is 0 Å². The van der Waals surface area contributed by atoms with Gasteiger partial charge >= 0.3 is 0 Å². The van der Waals surface area contributed by atoms with E-state index in [4.69, 9.17) is 0 Å². The molecule has 1 N–H and O–H groups in total. The van der Waals surface area contributed by atoms with E-state index in [1.165, 1.54) is 17.9 Å². The van der Waals surface area contributed by atoms with Crippen molar-refractivity contribution in [2.24, 2.45) is 0 Å². The zero-order chi connectivity index (χ0) is 17.9. The lowest BCUT2D eigenvalue weighted by atomic mass is 10.1. The van der Waals surface area contributed by atoms with Crippen molar-refractivity contribution in [1.29, 1.82) is 0 Å². The summed E-state index contributed by atoms with van der Waals surface area (Å²) in [7, 11) is 0. The lowest BCUT2D eigenvalue weighted by molar-refractivity contribution is -0.120. The highest BCUT2D eigenvalue weighted by molar-refractivity contribution is 6.01. The van der Waals surface area contributed by atoms with Crippen LogP contribution in [0.3, 0.4) is 0 Å². The van der Waals surface area contributed by atoms with Crippen LogP contribution < -0.4 is 10.2 Å². The first-order valence-electron chi connectivity index (χ1n) is 7.39. The van der Waals surface area contributed by atoms with Gasteiger partial charge in [0.2, 0.25) is 11.8 Å². The second kappa shape index (κ2) is 7.21. The highest BCUT2D eigenvalue weighted by Gasteiger charge is 2.18. The highest BCUT2D eigenvalue weighted by atomic mass is 19.1. The third kappa shape index (κ3) is 3.95. The number of hydrogen-bond donors (Lipinski definition) is 1. The van der Waals surface area contributed by atoms with Crippen LogP contribution in [0.1, 0.15) is 18.1 Å². The second-order valence-corrected chi connectivity index (χ2v) is 5.52. The minimum Gasteiger partial charge on any atom is -0.320 e. The number of benzene rings is 2. The number of carbonyl (C=O) groups is 2. The Kier molecular flexibility index (Phi) is 5.28. The number of nitrogens with one attached hydrogen (secondary N) is 1. The van der Waals surface area contributed by atoms with Gasteiger partial charge in [-0.1, -0.05) is 12.1 Å². The maximum absolute atomic E-state index is 13.6. The van der Waals surface area contributed by atoms with Crippen LogP contribution in [0.5, 0.6) is 0 Å². The number of halogens is 2. The summed E-state index contributed by atoms with van der Waals surface area (Å²) in [5, 5.41) is 2.18. The van der Waals surface area contributed by atoms with Crippen LogP contribution in [0.25, 0.3) is 0 Å². The number of para-hydroxylation sites is 1. The van der Waals surface area contributed by atoms with E-state index in [2.05, 4.69) is 5.32 Å².